The van der Waals surface area contributed by atoms with Gasteiger partial charge in [-0.15, -0.1) is 0 Å². The first-order valence-corrected chi connectivity index (χ1v) is 9.47. The quantitative estimate of drug-likeness (QED) is 0.776. The highest BCUT2D eigenvalue weighted by atomic mass is 79.9. The van der Waals surface area contributed by atoms with Gasteiger partial charge in [0.1, 0.15) is 4.90 Å². The van der Waals surface area contributed by atoms with Gasteiger partial charge in [-0.3, -0.25) is 0 Å². The third-order valence-corrected chi connectivity index (χ3v) is 6.23. The maximum absolute atomic E-state index is 12.4. The minimum atomic E-state index is -3.79. The van der Waals surface area contributed by atoms with E-state index in [1.165, 1.54) is 23.5 Å². The van der Waals surface area contributed by atoms with Crippen molar-refractivity contribution in [1.82, 2.24) is 4.72 Å². The molecule has 3 nitrogen and oxygen atoms in total. The summed E-state index contributed by atoms with van der Waals surface area (Å²) in [5.74, 6) is 0. The first-order chi connectivity index (χ1) is 9.31. The number of rotatable bonds is 4. The van der Waals surface area contributed by atoms with Gasteiger partial charge in [-0.05, 0) is 41.4 Å². The van der Waals surface area contributed by atoms with Crippen LogP contribution in [0.4, 0.5) is 0 Å². The summed E-state index contributed by atoms with van der Waals surface area (Å²) in [6, 6.07) is 4.50. The van der Waals surface area contributed by atoms with E-state index in [4.69, 9.17) is 23.2 Å². The molecule has 0 aliphatic carbocycles. The number of sulfonamides is 1. The molecule has 1 N–H and O–H groups in total. The zero-order valence-electron chi connectivity index (χ0n) is 10.2. The molecule has 0 saturated heterocycles. The van der Waals surface area contributed by atoms with Gasteiger partial charge < -0.3 is 0 Å². The van der Waals surface area contributed by atoms with Gasteiger partial charge in [-0.25, -0.2) is 13.1 Å². The normalized spacial score (nSPS) is 13.4. The van der Waals surface area contributed by atoms with Gasteiger partial charge in [0.15, 0.2) is 0 Å². The van der Waals surface area contributed by atoms with Crippen LogP contribution in [0, 0.1) is 0 Å². The predicted molar refractivity (Wildman–Crippen MR) is 87.2 cm³/mol. The molecule has 0 amide bonds. The van der Waals surface area contributed by atoms with E-state index in [2.05, 4.69) is 20.7 Å². The van der Waals surface area contributed by atoms with Crippen LogP contribution in [0.2, 0.25) is 10.0 Å². The highest BCUT2D eigenvalue weighted by molar-refractivity contribution is 9.10. The van der Waals surface area contributed by atoms with Crippen molar-refractivity contribution < 1.29 is 8.42 Å². The van der Waals surface area contributed by atoms with Crippen LogP contribution in [0.1, 0.15) is 18.5 Å². The summed E-state index contributed by atoms with van der Waals surface area (Å²) in [6.45, 7) is 1.76. The van der Waals surface area contributed by atoms with Gasteiger partial charge in [0.2, 0.25) is 10.0 Å². The summed E-state index contributed by atoms with van der Waals surface area (Å²) in [4.78, 5) is -0.105. The second-order valence-electron chi connectivity index (χ2n) is 4.10. The molecule has 0 aliphatic heterocycles. The summed E-state index contributed by atoms with van der Waals surface area (Å²) in [5, 5.41) is 3.93. The lowest BCUT2D eigenvalue weighted by Gasteiger charge is -2.15. The van der Waals surface area contributed by atoms with Crippen molar-refractivity contribution in [2.24, 2.45) is 0 Å². The Kier molecular flexibility index (Phi) is 5.15. The maximum atomic E-state index is 12.4. The minimum Gasteiger partial charge on any atom is -0.207 e. The number of hydrogen-bond donors (Lipinski definition) is 1. The molecule has 108 valence electrons. The van der Waals surface area contributed by atoms with Crippen molar-refractivity contribution in [2.75, 3.05) is 0 Å². The van der Waals surface area contributed by atoms with Gasteiger partial charge in [0, 0.05) is 10.5 Å². The fourth-order valence-corrected chi connectivity index (χ4v) is 5.59. The molecule has 20 heavy (non-hydrogen) atoms. The van der Waals surface area contributed by atoms with Gasteiger partial charge in [0.25, 0.3) is 0 Å². The molecular weight excluding hydrogens is 405 g/mol. The smallest absolute Gasteiger partial charge is 0.207 e. The molecule has 0 fully saturated rings. The van der Waals surface area contributed by atoms with Crippen molar-refractivity contribution in [3.63, 3.8) is 0 Å². The van der Waals surface area contributed by atoms with Gasteiger partial charge in [0.05, 0.1) is 10.0 Å². The molecule has 2 rings (SSSR count). The number of benzene rings is 1. The summed E-state index contributed by atoms with van der Waals surface area (Å²) < 4.78 is 28.0. The average molecular weight is 415 g/mol. The first kappa shape index (κ1) is 16.3. The zero-order chi connectivity index (χ0) is 14.9. The molecule has 8 heteroatoms. The molecule has 0 spiro atoms. The highest BCUT2D eigenvalue weighted by Gasteiger charge is 2.24. The molecule has 0 aliphatic rings. The molecule has 1 heterocycles. The van der Waals surface area contributed by atoms with Crippen LogP contribution in [0.5, 0.6) is 0 Å². The van der Waals surface area contributed by atoms with E-state index in [9.17, 15) is 8.42 Å². The van der Waals surface area contributed by atoms with Crippen LogP contribution in [0.25, 0.3) is 0 Å². The Morgan fingerprint density at radius 3 is 2.40 bits per heavy atom. The molecular formula is C12H10BrCl2NO2S2. The van der Waals surface area contributed by atoms with Gasteiger partial charge in [-0.1, -0.05) is 39.1 Å². The number of nitrogens with one attached hydrogen (secondary N) is 1. The molecule has 0 bridgehead atoms. The first-order valence-electron chi connectivity index (χ1n) is 5.50. The van der Waals surface area contributed by atoms with Crippen LogP contribution in [0.15, 0.2) is 38.3 Å². The van der Waals surface area contributed by atoms with Crippen LogP contribution >= 0.6 is 50.5 Å². The summed E-state index contributed by atoms with van der Waals surface area (Å²) in [6.07, 6.45) is 0. The fraction of sp³-hybridized carbons (Fsp3) is 0.167. The fourth-order valence-electron chi connectivity index (χ4n) is 1.67. The Balaban J connectivity index is 2.37. The standard InChI is InChI=1S/C12H10BrCl2NO2S2/c1-7(8-2-3-19-6-8)16-20(17,18)12-10(14)4-9(13)5-11(12)15/h2-7,16H,1H3. The lowest BCUT2D eigenvalue weighted by molar-refractivity contribution is 0.567. The van der Waals surface area contributed by atoms with Crippen molar-refractivity contribution in [1.29, 1.82) is 0 Å². The highest BCUT2D eigenvalue weighted by Crippen LogP contribution is 2.33. The van der Waals surface area contributed by atoms with Gasteiger partial charge in [-0.2, -0.15) is 11.3 Å². The summed E-state index contributed by atoms with van der Waals surface area (Å²) in [5.41, 5.74) is 0.892. The SMILES string of the molecule is CC(NS(=O)(=O)c1c(Cl)cc(Br)cc1Cl)c1ccsc1. The van der Waals surface area contributed by atoms with E-state index in [0.717, 1.165) is 5.56 Å². The Bertz CT molecular complexity index is 694. The van der Waals surface area contributed by atoms with E-state index in [0.29, 0.717) is 4.47 Å². The van der Waals surface area contributed by atoms with E-state index in [1.54, 1.807) is 6.92 Å². The largest absolute Gasteiger partial charge is 0.244 e. The topological polar surface area (TPSA) is 46.2 Å². The third kappa shape index (κ3) is 3.55. The van der Waals surface area contributed by atoms with Crippen molar-refractivity contribution >= 4 is 60.5 Å². The second kappa shape index (κ2) is 6.34. The molecule has 1 aromatic heterocycles. The van der Waals surface area contributed by atoms with E-state index in [1.807, 2.05) is 16.8 Å². The monoisotopic (exact) mass is 413 g/mol. The third-order valence-electron chi connectivity index (χ3n) is 2.61. The molecule has 0 radical (unpaired) electrons. The van der Waals surface area contributed by atoms with Gasteiger partial charge >= 0.3 is 0 Å². The maximum Gasteiger partial charge on any atom is 0.244 e. The minimum absolute atomic E-state index is 0.0781. The Hall–Kier alpha value is -0.110. The van der Waals surface area contributed by atoms with E-state index in [-0.39, 0.29) is 21.0 Å². The van der Waals surface area contributed by atoms with Crippen LogP contribution in [0.3, 0.4) is 0 Å². The van der Waals surface area contributed by atoms with Crippen molar-refractivity contribution in [3.8, 4) is 0 Å². The Labute approximate surface area is 140 Å². The Morgan fingerprint density at radius 2 is 1.90 bits per heavy atom. The summed E-state index contributed by atoms with van der Waals surface area (Å²) >= 11 is 16.7. The van der Waals surface area contributed by atoms with Crippen LogP contribution < -0.4 is 4.72 Å². The molecule has 1 unspecified atom stereocenters. The molecule has 1 atom stereocenters. The lowest BCUT2D eigenvalue weighted by atomic mass is 10.2. The zero-order valence-corrected chi connectivity index (χ0v) is 15.0. The van der Waals surface area contributed by atoms with Crippen LogP contribution in [-0.4, -0.2) is 8.42 Å². The van der Waals surface area contributed by atoms with Crippen molar-refractivity contribution in [2.45, 2.75) is 17.9 Å². The van der Waals surface area contributed by atoms with E-state index < -0.39 is 10.0 Å². The van der Waals surface area contributed by atoms with Crippen molar-refractivity contribution in [3.05, 3.63) is 49.0 Å². The lowest BCUT2D eigenvalue weighted by Crippen LogP contribution is -2.27. The molecule has 1 aromatic carbocycles. The molecule has 2 aromatic rings. The summed E-state index contributed by atoms with van der Waals surface area (Å²) in [7, 11) is -3.79. The second-order valence-corrected chi connectivity index (χ2v) is 8.26. The van der Waals surface area contributed by atoms with E-state index >= 15 is 0 Å². The Morgan fingerprint density at radius 1 is 1.30 bits per heavy atom. The number of halogens is 3. The van der Waals surface area contributed by atoms with Crippen LogP contribution in [-0.2, 0) is 10.0 Å². The number of hydrogen-bond acceptors (Lipinski definition) is 3. The predicted octanol–water partition coefficient (Wildman–Crippen LogP) is 4.86. The molecule has 0 saturated carbocycles. The number of thiophene rings is 1. The average Bonchev–Trinajstić information content (AvgIpc) is 2.78.